The maximum absolute atomic E-state index is 5.73. The summed E-state index contributed by atoms with van der Waals surface area (Å²) in [5.41, 5.74) is 6.43. The van der Waals surface area contributed by atoms with Crippen LogP contribution in [0.5, 0.6) is 5.75 Å². The average molecular weight is 262 g/mol. The Hall–Kier alpha value is -1.22. The van der Waals surface area contributed by atoms with Crippen molar-refractivity contribution in [2.24, 2.45) is 5.92 Å². The molecule has 0 heterocycles. The number of nitrogen functional groups attached to an aromatic ring is 1. The third-order valence-corrected chi connectivity index (χ3v) is 3.40. The topological polar surface area (TPSA) is 38.5 Å². The lowest BCUT2D eigenvalue weighted by Gasteiger charge is -2.23. The van der Waals surface area contributed by atoms with Crippen molar-refractivity contribution in [1.29, 1.82) is 0 Å². The molecule has 3 heteroatoms. The number of hydrogen-bond acceptors (Lipinski definition) is 3. The van der Waals surface area contributed by atoms with Crippen LogP contribution in [-0.4, -0.2) is 30.6 Å². The Balaban J connectivity index is 1.66. The lowest BCUT2D eigenvalue weighted by Crippen LogP contribution is -2.31. The van der Waals surface area contributed by atoms with Crippen LogP contribution in [0.25, 0.3) is 0 Å². The average Bonchev–Trinajstić information content (AvgIpc) is 3.19. The van der Waals surface area contributed by atoms with Crippen molar-refractivity contribution < 1.29 is 4.74 Å². The molecular formula is C16H26N2O. The van der Waals surface area contributed by atoms with Crippen LogP contribution in [0.4, 0.5) is 5.69 Å². The van der Waals surface area contributed by atoms with Gasteiger partial charge in [-0.2, -0.15) is 0 Å². The van der Waals surface area contributed by atoms with E-state index in [1.54, 1.807) is 0 Å². The molecule has 0 unspecified atom stereocenters. The lowest BCUT2D eigenvalue weighted by molar-refractivity contribution is 0.208. The Labute approximate surface area is 116 Å². The molecule has 0 saturated heterocycles. The zero-order valence-electron chi connectivity index (χ0n) is 12.1. The van der Waals surface area contributed by atoms with Crippen molar-refractivity contribution in [3.05, 3.63) is 24.3 Å². The Morgan fingerprint density at radius 3 is 2.53 bits per heavy atom. The van der Waals surface area contributed by atoms with Gasteiger partial charge in [0.25, 0.3) is 0 Å². The minimum Gasteiger partial charge on any atom is -0.494 e. The van der Waals surface area contributed by atoms with E-state index in [1.165, 1.54) is 19.4 Å². The molecule has 0 aromatic heterocycles. The fourth-order valence-corrected chi connectivity index (χ4v) is 2.35. The SMILES string of the molecule is CC(C)CN(CCCOc1ccc(N)cc1)C1CC1. The minimum atomic E-state index is 0.749. The van der Waals surface area contributed by atoms with Gasteiger partial charge in [0.2, 0.25) is 0 Å². The molecule has 0 amide bonds. The van der Waals surface area contributed by atoms with Crippen LogP contribution in [0.15, 0.2) is 24.3 Å². The standard InChI is InChI=1S/C16H26N2O/c1-13(2)12-18(15-6-7-15)10-3-11-19-16-8-4-14(17)5-9-16/h4-5,8-9,13,15H,3,6-7,10-12,17H2,1-2H3. The number of anilines is 1. The van der Waals surface area contributed by atoms with Gasteiger partial charge < -0.3 is 15.4 Å². The summed E-state index contributed by atoms with van der Waals surface area (Å²) in [6.45, 7) is 7.73. The van der Waals surface area contributed by atoms with Crippen LogP contribution in [0, 0.1) is 5.92 Å². The number of hydrogen-bond donors (Lipinski definition) is 1. The van der Waals surface area contributed by atoms with E-state index in [9.17, 15) is 0 Å². The number of benzene rings is 1. The Bertz CT molecular complexity index is 371. The van der Waals surface area contributed by atoms with Gasteiger partial charge in [-0.15, -0.1) is 0 Å². The van der Waals surface area contributed by atoms with Crippen LogP contribution in [0.3, 0.4) is 0 Å². The molecule has 1 aromatic carbocycles. The predicted molar refractivity (Wildman–Crippen MR) is 80.4 cm³/mol. The summed E-state index contributed by atoms with van der Waals surface area (Å²) in [7, 11) is 0. The molecule has 0 spiro atoms. The maximum Gasteiger partial charge on any atom is 0.119 e. The van der Waals surface area contributed by atoms with E-state index in [4.69, 9.17) is 10.5 Å². The minimum absolute atomic E-state index is 0.749. The van der Waals surface area contributed by atoms with Gasteiger partial charge in [-0.25, -0.2) is 0 Å². The highest BCUT2D eigenvalue weighted by Crippen LogP contribution is 2.27. The van der Waals surface area contributed by atoms with E-state index >= 15 is 0 Å². The van der Waals surface area contributed by atoms with E-state index in [2.05, 4.69) is 18.7 Å². The first kappa shape index (κ1) is 14.2. The molecule has 1 aromatic rings. The molecule has 1 saturated carbocycles. The molecule has 106 valence electrons. The van der Waals surface area contributed by atoms with Gasteiger partial charge in [0, 0.05) is 24.8 Å². The van der Waals surface area contributed by atoms with Crippen LogP contribution in [-0.2, 0) is 0 Å². The van der Waals surface area contributed by atoms with Crippen molar-refractivity contribution >= 4 is 5.69 Å². The van der Waals surface area contributed by atoms with Crippen LogP contribution >= 0.6 is 0 Å². The monoisotopic (exact) mass is 262 g/mol. The van der Waals surface area contributed by atoms with Gasteiger partial charge in [-0.1, -0.05) is 13.8 Å². The second-order valence-corrected chi connectivity index (χ2v) is 5.89. The van der Waals surface area contributed by atoms with Gasteiger partial charge in [0.15, 0.2) is 0 Å². The highest BCUT2D eigenvalue weighted by molar-refractivity contribution is 5.41. The zero-order valence-corrected chi connectivity index (χ0v) is 12.1. The van der Waals surface area contributed by atoms with Crippen LogP contribution in [0.1, 0.15) is 33.1 Å². The molecule has 2 rings (SSSR count). The summed E-state index contributed by atoms with van der Waals surface area (Å²) in [6.07, 6.45) is 3.85. The van der Waals surface area contributed by atoms with Crippen LogP contribution < -0.4 is 10.5 Å². The fraction of sp³-hybridized carbons (Fsp3) is 0.625. The summed E-state index contributed by atoms with van der Waals surface area (Å²) in [6, 6.07) is 8.47. The smallest absolute Gasteiger partial charge is 0.119 e. The normalized spacial score (nSPS) is 15.2. The molecule has 0 atom stereocenters. The first-order chi connectivity index (χ1) is 9.15. The molecule has 1 aliphatic rings. The Morgan fingerprint density at radius 2 is 1.95 bits per heavy atom. The summed E-state index contributed by atoms with van der Waals surface area (Å²) in [5, 5.41) is 0. The molecule has 1 aliphatic carbocycles. The Kier molecular flexibility index (Phi) is 5.08. The molecular weight excluding hydrogens is 236 g/mol. The van der Waals surface area contributed by atoms with Crippen molar-refractivity contribution in [3.8, 4) is 5.75 Å². The first-order valence-corrected chi connectivity index (χ1v) is 7.37. The molecule has 0 bridgehead atoms. The van der Waals surface area contributed by atoms with Gasteiger partial charge in [-0.3, -0.25) is 0 Å². The van der Waals surface area contributed by atoms with Crippen molar-refractivity contribution in [2.45, 2.75) is 39.2 Å². The predicted octanol–water partition coefficient (Wildman–Crippen LogP) is 3.16. The third-order valence-electron chi connectivity index (χ3n) is 3.40. The zero-order chi connectivity index (χ0) is 13.7. The van der Waals surface area contributed by atoms with Crippen molar-refractivity contribution in [1.82, 2.24) is 4.90 Å². The molecule has 0 aliphatic heterocycles. The lowest BCUT2D eigenvalue weighted by atomic mass is 10.2. The van der Waals surface area contributed by atoms with Gasteiger partial charge in [-0.05, 0) is 49.4 Å². The van der Waals surface area contributed by atoms with E-state index in [0.717, 1.165) is 43.0 Å². The molecule has 2 N–H and O–H groups in total. The van der Waals surface area contributed by atoms with Crippen molar-refractivity contribution in [2.75, 3.05) is 25.4 Å². The second kappa shape index (κ2) is 6.80. The fourth-order valence-electron chi connectivity index (χ4n) is 2.35. The second-order valence-electron chi connectivity index (χ2n) is 5.89. The molecule has 1 fully saturated rings. The van der Waals surface area contributed by atoms with Crippen LogP contribution in [0.2, 0.25) is 0 Å². The van der Waals surface area contributed by atoms with Gasteiger partial charge in [0.05, 0.1) is 6.61 Å². The van der Waals surface area contributed by atoms with E-state index in [1.807, 2.05) is 24.3 Å². The number of rotatable bonds is 8. The number of ether oxygens (including phenoxy) is 1. The first-order valence-electron chi connectivity index (χ1n) is 7.37. The summed E-state index contributed by atoms with van der Waals surface area (Å²) in [4.78, 5) is 2.62. The van der Waals surface area contributed by atoms with E-state index in [0.29, 0.717) is 0 Å². The molecule has 3 nitrogen and oxygen atoms in total. The summed E-state index contributed by atoms with van der Waals surface area (Å²) < 4.78 is 5.73. The summed E-state index contributed by atoms with van der Waals surface area (Å²) >= 11 is 0. The van der Waals surface area contributed by atoms with Gasteiger partial charge >= 0.3 is 0 Å². The van der Waals surface area contributed by atoms with Gasteiger partial charge in [0.1, 0.15) is 5.75 Å². The number of nitrogens with zero attached hydrogens (tertiary/aromatic N) is 1. The number of nitrogens with two attached hydrogens (primary N) is 1. The van der Waals surface area contributed by atoms with Crippen molar-refractivity contribution in [3.63, 3.8) is 0 Å². The molecule has 0 radical (unpaired) electrons. The molecule has 19 heavy (non-hydrogen) atoms. The quantitative estimate of drug-likeness (QED) is 0.578. The third kappa shape index (κ3) is 5.11. The highest BCUT2D eigenvalue weighted by Gasteiger charge is 2.28. The van der Waals surface area contributed by atoms with E-state index in [-0.39, 0.29) is 0 Å². The largest absolute Gasteiger partial charge is 0.494 e. The summed E-state index contributed by atoms with van der Waals surface area (Å²) in [5.74, 6) is 1.66. The van der Waals surface area contributed by atoms with E-state index < -0.39 is 0 Å². The highest BCUT2D eigenvalue weighted by atomic mass is 16.5. The Morgan fingerprint density at radius 1 is 1.26 bits per heavy atom. The maximum atomic E-state index is 5.73.